The second-order valence-corrected chi connectivity index (χ2v) is 15.8. The number of aromatic nitrogens is 2. The molecular weight excluding hydrogens is 613 g/mol. The number of alkyl halides is 1. The van der Waals surface area contributed by atoms with E-state index in [1.807, 2.05) is 4.98 Å². The molecule has 1 aliphatic rings. The molecule has 0 aromatic carbocycles. The summed E-state index contributed by atoms with van der Waals surface area (Å²) in [4.78, 5) is 50.4. The average molecular weight is 657 g/mol. The van der Waals surface area contributed by atoms with Crippen molar-refractivity contribution in [3.05, 3.63) is 33.1 Å². The lowest BCUT2D eigenvalue weighted by Gasteiger charge is -2.33. The summed E-state index contributed by atoms with van der Waals surface area (Å²) in [5.41, 5.74) is -3.30. The molecule has 15 nitrogen and oxygen atoms in total. The number of hydrogen-bond acceptors (Lipinski definition) is 11. The first-order valence-electron chi connectivity index (χ1n) is 13.7. The molecule has 0 radical (unpaired) electrons. The molecule has 1 aliphatic heterocycles. The summed E-state index contributed by atoms with van der Waals surface area (Å²) in [6.45, 7) is 12.3. The van der Waals surface area contributed by atoms with Gasteiger partial charge in [0.1, 0.15) is 12.1 Å². The Morgan fingerprint density at radius 3 is 1.95 bits per heavy atom. The highest BCUT2D eigenvalue weighted by Gasteiger charge is 2.56. The number of ether oxygens (including phenoxy) is 3. The zero-order valence-corrected chi connectivity index (χ0v) is 27.6. The van der Waals surface area contributed by atoms with Crippen molar-refractivity contribution in [2.75, 3.05) is 26.5 Å². The molecule has 1 aromatic heterocycles. The summed E-state index contributed by atoms with van der Waals surface area (Å²) in [6.07, 6.45) is -4.53. The molecule has 1 saturated heterocycles. The Kier molecular flexibility index (Phi) is 12.7. The molecular formula is C25H43FN4O11P2. The van der Waals surface area contributed by atoms with Crippen LogP contribution in [0.1, 0.15) is 54.7 Å². The first-order chi connectivity index (χ1) is 19.7. The maximum Gasteiger partial charge on any atom is 0.330 e. The van der Waals surface area contributed by atoms with E-state index >= 15 is 4.39 Å². The Balaban J connectivity index is 2.28. The van der Waals surface area contributed by atoms with Crippen molar-refractivity contribution in [1.82, 2.24) is 19.7 Å². The summed E-state index contributed by atoms with van der Waals surface area (Å²) < 4.78 is 70.7. The van der Waals surface area contributed by atoms with Crippen LogP contribution >= 0.6 is 15.0 Å². The van der Waals surface area contributed by atoms with Crippen LogP contribution in [-0.4, -0.2) is 84.6 Å². The van der Waals surface area contributed by atoms with E-state index in [-0.39, 0.29) is 0 Å². The maximum absolute atomic E-state index is 16.2. The Morgan fingerprint density at radius 1 is 1.00 bits per heavy atom. The fourth-order valence-electron chi connectivity index (χ4n) is 4.16. The third kappa shape index (κ3) is 10.4. The predicted octanol–water partition coefficient (Wildman–Crippen LogP) is 2.32. The normalized spacial score (nSPS) is 26.5. The molecule has 3 N–H and O–H groups in total. The number of nitrogens with zero attached hydrogens (tertiary/aromatic N) is 1. The van der Waals surface area contributed by atoms with Gasteiger partial charge in [-0.25, -0.2) is 19.4 Å². The summed E-state index contributed by atoms with van der Waals surface area (Å²) in [6, 6.07) is -1.00. The Morgan fingerprint density at radius 2 is 1.49 bits per heavy atom. The summed E-state index contributed by atoms with van der Waals surface area (Å²) in [5, 5.41) is 5.13. The predicted molar refractivity (Wildman–Crippen MR) is 155 cm³/mol. The van der Waals surface area contributed by atoms with Gasteiger partial charge in [0.15, 0.2) is 12.4 Å². The van der Waals surface area contributed by atoms with Crippen molar-refractivity contribution in [1.29, 1.82) is 0 Å². The van der Waals surface area contributed by atoms with Crippen LogP contribution in [0.25, 0.3) is 0 Å². The van der Waals surface area contributed by atoms with Gasteiger partial charge in [-0.2, -0.15) is 0 Å². The van der Waals surface area contributed by atoms with Gasteiger partial charge in [-0.15, -0.1) is 0 Å². The second kappa shape index (κ2) is 14.7. The smallest absolute Gasteiger partial charge is 0.330 e. The third-order valence-corrected chi connectivity index (χ3v) is 9.38. The molecule has 0 spiro atoms. The lowest BCUT2D eigenvalue weighted by Crippen LogP contribution is -2.43. The molecule has 1 fully saturated rings. The van der Waals surface area contributed by atoms with Crippen LogP contribution in [0.2, 0.25) is 0 Å². The van der Waals surface area contributed by atoms with E-state index in [1.165, 1.54) is 34.1 Å². The highest BCUT2D eigenvalue weighted by molar-refractivity contribution is 7.56. The number of nitrogens with one attached hydrogen (secondary N) is 3. The van der Waals surface area contributed by atoms with E-state index in [9.17, 15) is 28.3 Å². The van der Waals surface area contributed by atoms with Crippen LogP contribution in [0.5, 0.6) is 0 Å². The minimum Gasteiger partial charge on any atom is -0.462 e. The maximum atomic E-state index is 16.2. The summed E-state index contributed by atoms with van der Waals surface area (Å²) in [7, 11) is -7.45. The fourth-order valence-corrected chi connectivity index (χ4v) is 6.87. The van der Waals surface area contributed by atoms with Crippen LogP contribution in [0.3, 0.4) is 0 Å². The molecule has 18 heteroatoms. The van der Waals surface area contributed by atoms with Gasteiger partial charge in [0.2, 0.25) is 0 Å². The standard InChI is InChI=1S/C25H43FN4O11P2/c1-14(2)39-22(32)16(5)28-42(8,35)37-12-18-25(7,13-38-43(9,36)29-17(6)23(33)40-15(3)4)20(26)21(41-18)30-11-10-19(31)27-24(30)34/h10-11,14-18,20-21H,12-13H2,1-9H3,(H,28,35)(H,29,36)(H,27,31,34)/t16-,17-,18+,20-,21+,25?,42?,43?/m0/s1. The van der Waals surface area contributed by atoms with Crippen molar-refractivity contribution in [2.45, 2.75) is 91.3 Å². The second-order valence-electron chi connectivity index (χ2n) is 11.4. The Bertz CT molecular complexity index is 1350. The lowest BCUT2D eigenvalue weighted by molar-refractivity contribution is -0.149. The zero-order chi connectivity index (χ0) is 32.9. The molecule has 2 heterocycles. The van der Waals surface area contributed by atoms with Gasteiger partial charge in [0.25, 0.3) is 20.6 Å². The number of rotatable bonds is 15. The van der Waals surface area contributed by atoms with E-state index in [2.05, 4.69) is 10.2 Å². The molecule has 246 valence electrons. The van der Waals surface area contributed by atoms with Crippen LogP contribution < -0.4 is 21.4 Å². The van der Waals surface area contributed by atoms with Crippen molar-refractivity contribution in [2.24, 2.45) is 5.41 Å². The van der Waals surface area contributed by atoms with E-state index in [4.69, 9.17) is 23.3 Å². The number of carbonyl (C=O) groups excluding carboxylic acids is 2. The van der Waals surface area contributed by atoms with Gasteiger partial charge >= 0.3 is 17.6 Å². The molecule has 0 saturated carbocycles. The van der Waals surface area contributed by atoms with Crippen molar-refractivity contribution < 1.29 is 46.4 Å². The van der Waals surface area contributed by atoms with Crippen molar-refractivity contribution in [3.63, 3.8) is 0 Å². The zero-order valence-electron chi connectivity index (χ0n) is 25.8. The lowest BCUT2D eigenvalue weighted by atomic mass is 9.82. The summed E-state index contributed by atoms with van der Waals surface area (Å²) >= 11 is 0. The third-order valence-electron chi connectivity index (χ3n) is 6.41. The quantitative estimate of drug-likeness (QED) is 0.184. The van der Waals surface area contributed by atoms with Crippen LogP contribution in [0, 0.1) is 5.41 Å². The molecule has 8 atom stereocenters. The van der Waals surface area contributed by atoms with Gasteiger partial charge in [-0.1, -0.05) is 6.92 Å². The first kappa shape index (κ1) is 37.0. The minimum atomic E-state index is -3.74. The number of hydrogen-bond donors (Lipinski definition) is 3. The van der Waals surface area contributed by atoms with Gasteiger partial charge in [-0.05, 0) is 41.5 Å². The molecule has 0 amide bonds. The Hall–Kier alpha value is -2.19. The van der Waals surface area contributed by atoms with Gasteiger partial charge in [-0.3, -0.25) is 33.1 Å². The van der Waals surface area contributed by atoms with E-state index in [0.29, 0.717) is 0 Å². The SMILES string of the molecule is CC(C)OC(=O)[C@H](C)NP(C)(=O)OC[C@H]1O[C@@H](n2ccc(=O)[nH]c2=O)[C@H](F)C1(C)COP(C)(=O)N[C@@H](C)C(=O)OC(C)C. The number of halogens is 1. The molecule has 3 unspecified atom stereocenters. The topological polar surface area (TPSA) is 193 Å². The Labute approximate surface area is 249 Å². The molecule has 0 aliphatic carbocycles. The van der Waals surface area contributed by atoms with Crippen LogP contribution in [0.15, 0.2) is 21.9 Å². The number of H-pyrrole nitrogens is 1. The van der Waals surface area contributed by atoms with Crippen molar-refractivity contribution >= 4 is 27.0 Å². The highest BCUT2D eigenvalue weighted by atomic mass is 31.2. The molecule has 43 heavy (non-hydrogen) atoms. The average Bonchev–Trinajstić information content (AvgIpc) is 3.10. The van der Waals surface area contributed by atoms with Gasteiger partial charge in [0, 0.05) is 25.6 Å². The number of carbonyl (C=O) groups is 2. The van der Waals surface area contributed by atoms with Crippen LogP contribution in [-0.2, 0) is 42.0 Å². The van der Waals surface area contributed by atoms with Crippen LogP contribution in [0.4, 0.5) is 4.39 Å². The van der Waals surface area contributed by atoms with E-state index in [0.717, 1.165) is 16.8 Å². The van der Waals surface area contributed by atoms with Gasteiger partial charge in [0.05, 0.1) is 36.9 Å². The highest BCUT2D eigenvalue weighted by Crippen LogP contribution is 2.50. The number of esters is 2. The monoisotopic (exact) mass is 656 g/mol. The fraction of sp³-hybridized carbons (Fsp3) is 0.760. The number of aromatic amines is 1. The van der Waals surface area contributed by atoms with Gasteiger partial charge < -0.3 is 23.3 Å². The molecule has 1 aromatic rings. The van der Waals surface area contributed by atoms with E-state index < -0.39 is 99.7 Å². The van der Waals surface area contributed by atoms with Crippen molar-refractivity contribution in [3.8, 4) is 0 Å². The molecule has 2 rings (SSSR count). The summed E-state index contributed by atoms with van der Waals surface area (Å²) in [5.74, 6) is -1.32. The largest absolute Gasteiger partial charge is 0.462 e. The molecule has 0 bridgehead atoms. The van der Waals surface area contributed by atoms with E-state index in [1.54, 1.807) is 27.7 Å². The first-order valence-corrected chi connectivity index (χ1v) is 17.8. The minimum absolute atomic E-state index is 0.399.